The Labute approximate surface area is 101 Å². The third kappa shape index (κ3) is 2.60. The summed E-state index contributed by atoms with van der Waals surface area (Å²) in [6.45, 7) is 4.52. The van der Waals surface area contributed by atoms with Gasteiger partial charge in [-0.15, -0.1) is 0 Å². The van der Waals surface area contributed by atoms with Crippen molar-refractivity contribution < 1.29 is 0 Å². The van der Waals surface area contributed by atoms with Gasteiger partial charge in [0.25, 0.3) is 0 Å². The van der Waals surface area contributed by atoms with E-state index in [2.05, 4.69) is 35.2 Å². The van der Waals surface area contributed by atoms with Gasteiger partial charge in [0, 0.05) is 11.9 Å². The number of nitrogens with one attached hydrogen (secondary N) is 1. The molecule has 17 heavy (non-hydrogen) atoms. The Morgan fingerprint density at radius 1 is 1.24 bits per heavy atom. The Bertz CT molecular complexity index is 523. The molecule has 2 rings (SSSR count). The van der Waals surface area contributed by atoms with Crippen LogP contribution in [0.2, 0.25) is 0 Å². The molecule has 0 fully saturated rings. The molecule has 2 aromatic rings. The topological polar surface area (TPSA) is 63.8 Å². The predicted molar refractivity (Wildman–Crippen MR) is 69.1 cm³/mol. The second-order valence-corrected chi connectivity index (χ2v) is 3.93. The average molecular weight is 228 g/mol. The van der Waals surface area contributed by atoms with Crippen molar-refractivity contribution in [2.75, 3.05) is 5.32 Å². The summed E-state index contributed by atoms with van der Waals surface area (Å²) >= 11 is 0. The van der Waals surface area contributed by atoms with Gasteiger partial charge in [-0.2, -0.15) is 0 Å². The Morgan fingerprint density at radius 2 is 2.06 bits per heavy atom. The molecular weight excluding hydrogens is 212 g/mol. The maximum Gasteiger partial charge on any atom is 0.144 e. The molecule has 0 unspecified atom stereocenters. The Hall–Kier alpha value is -1.94. The number of benzene rings is 1. The van der Waals surface area contributed by atoms with Crippen LogP contribution in [0, 0.1) is 13.8 Å². The summed E-state index contributed by atoms with van der Waals surface area (Å²) in [5.74, 6) is 1.41. The number of aromatic nitrogens is 2. The molecule has 1 aromatic carbocycles. The molecule has 0 aliphatic rings. The fourth-order valence-electron chi connectivity index (χ4n) is 1.59. The van der Waals surface area contributed by atoms with Crippen molar-refractivity contribution in [3.63, 3.8) is 0 Å². The summed E-state index contributed by atoms with van der Waals surface area (Å²) in [6.07, 6.45) is 1.71. The standard InChI is InChI=1S/C13H16N4/c1-9-4-3-5-11(10(9)2)16-12-6-7-15-13(8-14)17-12/h3-7H,8,14H2,1-2H3,(H,15,16,17). The van der Waals surface area contributed by atoms with E-state index >= 15 is 0 Å². The van der Waals surface area contributed by atoms with Crippen LogP contribution in [-0.2, 0) is 6.54 Å². The average Bonchev–Trinajstić information content (AvgIpc) is 2.35. The van der Waals surface area contributed by atoms with Crippen LogP contribution in [0.4, 0.5) is 11.5 Å². The van der Waals surface area contributed by atoms with E-state index in [1.165, 1.54) is 11.1 Å². The molecule has 0 radical (unpaired) electrons. The van der Waals surface area contributed by atoms with E-state index in [1.54, 1.807) is 6.20 Å². The van der Waals surface area contributed by atoms with E-state index in [1.807, 2.05) is 18.2 Å². The second kappa shape index (κ2) is 4.93. The van der Waals surface area contributed by atoms with Gasteiger partial charge in [-0.1, -0.05) is 12.1 Å². The number of nitrogens with two attached hydrogens (primary N) is 1. The van der Waals surface area contributed by atoms with E-state index in [4.69, 9.17) is 5.73 Å². The van der Waals surface area contributed by atoms with Crippen LogP contribution in [0.3, 0.4) is 0 Å². The van der Waals surface area contributed by atoms with Gasteiger partial charge in [0.05, 0.1) is 6.54 Å². The summed E-state index contributed by atoms with van der Waals surface area (Å²) < 4.78 is 0. The Balaban J connectivity index is 2.28. The van der Waals surface area contributed by atoms with Crippen molar-refractivity contribution in [3.8, 4) is 0 Å². The van der Waals surface area contributed by atoms with E-state index in [9.17, 15) is 0 Å². The lowest BCUT2D eigenvalue weighted by Crippen LogP contribution is -2.05. The third-order valence-corrected chi connectivity index (χ3v) is 2.76. The first-order valence-electron chi connectivity index (χ1n) is 5.56. The van der Waals surface area contributed by atoms with Crippen LogP contribution in [-0.4, -0.2) is 9.97 Å². The summed E-state index contributed by atoms with van der Waals surface area (Å²) in [5.41, 5.74) is 9.05. The minimum absolute atomic E-state index is 0.350. The third-order valence-electron chi connectivity index (χ3n) is 2.76. The lowest BCUT2D eigenvalue weighted by molar-refractivity contribution is 0.912. The molecule has 4 heteroatoms. The van der Waals surface area contributed by atoms with Crippen molar-refractivity contribution in [1.29, 1.82) is 0 Å². The highest BCUT2D eigenvalue weighted by molar-refractivity contribution is 5.61. The van der Waals surface area contributed by atoms with Gasteiger partial charge in [0.15, 0.2) is 0 Å². The zero-order valence-corrected chi connectivity index (χ0v) is 10.1. The van der Waals surface area contributed by atoms with Crippen LogP contribution < -0.4 is 11.1 Å². The first kappa shape index (κ1) is 11.5. The maximum absolute atomic E-state index is 5.51. The van der Waals surface area contributed by atoms with Gasteiger partial charge in [-0.25, -0.2) is 9.97 Å². The molecule has 1 aromatic heterocycles. The number of anilines is 2. The highest BCUT2D eigenvalue weighted by Crippen LogP contribution is 2.21. The monoisotopic (exact) mass is 228 g/mol. The number of hydrogen-bond acceptors (Lipinski definition) is 4. The number of hydrogen-bond donors (Lipinski definition) is 2. The van der Waals surface area contributed by atoms with E-state index in [0.29, 0.717) is 12.4 Å². The molecule has 3 N–H and O–H groups in total. The van der Waals surface area contributed by atoms with E-state index in [-0.39, 0.29) is 0 Å². The minimum atomic E-state index is 0.350. The second-order valence-electron chi connectivity index (χ2n) is 3.93. The van der Waals surface area contributed by atoms with E-state index < -0.39 is 0 Å². The van der Waals surface area contributed by atoms with Gasteiger partial charge >= 0.3 is 0 Å². The molecular formula is C13H16N4. The van der Waals surface area contributed by atoms with E-state index in [0.717, 1.165) is 11.5 Å². The normalized spacial score (nSPS) is 10.3. The van der Waals surface area contributed by atoms with Crippen LogP contribution in [0.15, 0.2) is 30.5 Å². The van der Waals surface area contributed by atoms with Crippen molar-refractivity contribution >= 4 is 11.5 Å². The fourth-order valence-corrected chi connectivity index (χ4v) is 1.59. The lowest BCUT2D eigenvalue weighted by Gasteiger charge is -2.10. The molecule has 0 amide bonds. The lowest BCUT2D eigenvalue weighted by atomic mass is 10.1. The molecule has 0 aliphatic carbocycles. The van der Waals surface area contributed by atoms with Crippen molar-refractivity contribution in [3.05, 3.63) is 47.4 Å². The van der Waals surface area contributed by atoms with Gasteiger partial charge in [-0.3, -0.25) is 0 Å². The minimum Gasteiger partial charge on any atom is -0.340 e. The number of rotatable bonds is 3. The Morgan fingerprint density at radius 3 is 2.82 bits per heavy atom. The number of aryl methyl sites for hydroxylation is 1. The summed E-state index contributed by atoms with van der Waals surface area (Å²) in [5, 5.41) is 3.28. The summed E-state index contributed by atoms with van der Waals surface area (Å²) in [7, 11) is 0. The zero-order valence-electron chi connectivity index (χ0n) is 10.1. The molecule has 88 valence electrons. The fraction of sp³-hybridized carbons (Fsp3) is 0.231. The van der Waals surface area contributed by atoms with Gasteiger partial charge < -0.3 is 11.1 Å². The highest BCUT2D eigenvalue weighted by atomic mass is 15.0. The largest absolute Gasteiger partial charge is 0.340 e. The molecule has 0 spiro atoms. The highest BCUT2D eigenvalue weighted by Gasteiger charge is 2.02. The van der Waals surface area contributed by atoms with Crippen LogP contribution in [0.5, 0.6) is 0 Å². The Kier molecular flexibility index (Phi) is 3.35. The van der Waals surface area contributed by atoms with Gasteiger partial charge in [-0.05, 0) is 37.1 Å². The molecule has 1 heterocycles. The first-order chi connectivity index (χ1) is 8.20. The van der Waals surface area contributed by atoms with Gasteiger partial charge in [0.2, 0.25) is 0 Å². The van der Waals surface area contributed by atoms with Gasteiger partial charge in [0.1, 0.15) is 11.6 Å². The summed E-state index contributed by atoms with van der Waals surface area (Å²) in [6, 6.07) is 7.98. The molecule has 0 aliphatic heterocycles. The predicted octanol–water partition coefficient (Wildman–Crippen LogP) is 2.30. The summed E-state index contributed by atoms with van der Waals surface area (Å²) in [4.78, 5) is 8.37. The van der Waals surface area contributed by atoms with Crippen molar-refractivity contribution in [1.82, 2.24) is 9.97 Å². The quantitative estimate of drug-likeness (QED) is 0.846. The molecule has 0 atom stereocenters. The van der Waals surface area contributed by atoms with Crippen LogP contribution in [0.25, 0.3) is 0 Å². The van der Waals surface area contributed by atoms with Crippen LogP contribution in [0.1, 0.15) is 17.0 Å². The van der Waals surface area contributed by atoms with Crippen molar-refractivity contribution in [2.45, 2.75) is 20.4 Å². The molecule has 0 saturated heterocycles. The first-order valence-corrected chi connectivity index (χ1v) is 5.56. The molecule has 4 nitrogen and oxygen atoms in total. The van der Waals surface area contributed by atoms with Crippen LogP contribution >= 0.6 is 0 Å². The molecule has 0 bridgehead atoms. The maximum atomic E-state index is 5.51. The van der Waals surface area contributed by atoms with Crippen molar-refractivity contribution in [2.24, 2.45) is 5.73 Å². The molecule has 0 saturated carbocycles. The SMILES string of the molecule is Cc1cccc(Nc2ccnc(CN)n2)c1C. The zero-order chi connectivity index (χ0) is 12.3. The smallest absolute Gasteiger partial charge is 0.144 e. The number of nitrogens with zero attached hydrogens (tertiary/aromatic N) is 2.